The predicted octanol–water partition coefficient (Wildman–Crippen LogP) is 4.40. The Morgan fingerprint density at radius 1 is 1.12 bits per heavy atom. The Labute approximate surface area is 157 Å². The third-order valence-corrected chi connectivity index (χ3v) is 4.96. The molecule has 1 aromatic heterocycles. The van der Waals surface area contributed by atoms with Crippen LogP contribution in [0.25, 0.3) is 0 Å². The lowest BCUT2D eigenvalue weighted by Gasteiger charge is -2.06. The fourth-order valence-electron chi connectivity index (χ4n) is 2.41. The number of esters is 1. The van der Waals surface area contributed by atoms with Gasteiger partial charge in [-0.05, 0) is 49.2 Å². The van der Waals surface area contributed by atoms with Gasteiger partial charge in [-0.1, -0.05) is 20.3 Å². The van der Waals surface area contributed by atoms with Crippen LogP contribution in [0.4, 0.5) is 5.69 Å². The van der Waals surface area contributed by atoms with Crippen LogP contribution in [0.3, 0.4) is 0 Å². The number of hydrogen-bond donors (Lipinski definition) is 1. The zero-order chi connectivity index (χ0) is 19.1. The highest BCUT2D eigenvalue weighted by Gasteiger charge is 2.16. The molecule has 0 fully saturated rings. The topological polar surface area (TPSA) is 72.5 Å². The van der Waals surface area contributed by atoms with Crippen molar-refractivity contribution in [3.8, 4) is 0 Å². The van der Waals surface area contributed by atoms with Gasteiger partial charge in [0.05, 0.1) is 0 Å². The molecule has 0 radical (unpaired) electrons. The second kappa shape index (κ2) is 9.29. The molecular formula is C20H23NO4S. The summed E-state index contributed by atoms with van der Waals surface area (Å²) >= 11 is 1.39. The van der Waals surface area contributed by atoms with Crippen LogP contribution in [-0.4, -0.2) is 24.3 Å². The van der Waals surface area contributed by atoms with Crippen molar-refractivity contribution in [1.29, 1.82) is 0 Å². The molecule has 1 aromatic carbocycles. The van der Waals surface area contributed by atoms with Gasteiger partial charge >= 0.3 is 5.97 Å². The molecule has 5 nitrogen and oxygen atoms in total. The van der Waals surface area contributed by atoms with Crippen LogP contribution >= 0.6 is 11.3 Å². The van der Waals surface area contributed by atoms with E-state index in [2.05, 4.69) is 12.2 Å². The van der Waals surface area contributed by atoms with E-state index in [4.69, 9.17) is 4.74 Å². The molecule has 0 aliphatic carbocycles. The van der Waals surface area contributed by atoms with E-state index in [1.165, 1.54) is 11.3 Å². The van der Waals surface area contributed by atoms with E-state index < -0.39 is 5.97 Å². The molecule has 0 spiro atoms. The number of nitrogens with one attached hydrogen (secondary N) is 1. The molecule has 0 saturated heterocycles. The molecule has 0 unspecified atom stereocenters. The fraction of sp³-hybridized carbons (Fsp3) is 0.350. The maximum absolute atomic E-state index is 12.2. The molecule has 0 atom stereocenters. The Balaban J connectivity index is 1.92. The van der Waals surface area contributed by atoms with E-state index in [0.29, 0.717) is 22.5 Å². The lowest BCUT2D eigenvalue weighted by atomic mass is 10.1. The summed E-state index contributed by atoms with van der Waals surface area (Å²) in [5.41, 5.74) is 2.21. The van der Waals surface area contributed by atoms with Gasteiger partial charge in [-0.15, -0.1) is 11.3 Å². The third kappa shape index (κ3) is 5.26. The van der Waals surface area contributed by atoms with E-state index >= 15 is 0 Å². The molecule has 0 saturated carbocycles. The number of anilines is 1. The second-order valence-corrected chi connectivity index (χ2v) is 7.18. The van der Waals surface area contributed by atoms with E-state index in [1.54, 1.807) is 31.2 Å². The van der Waals surface area contributed by atoms with Crippen LogP contribution < -0.4 is 5.32 Å². The minimum Gasteiger partial charge on any atom is -0.453 e. The number of hydrogen-bond acceptors (Lipinski definition) is 5. The summed E-state index contributed by atoms with van der Waals surface area (Å²) < 4.78 is 5.16. The van der Waals surface area contributed by atoms with E-state index in [1.807, 2.05) is 13.0 Å². The first-order valence-electron chi connectivity index (χ1n) is 8.64. The molecule has 1 heterocycles. The largest absolute Gasteiger partial charge is 0.453 e. The fourth-order valence-corrected chi connectivity index (χ4v) is 3.38. The summed E-state index contributed by atoms with van der Waals surface area (Å²) in [6, 6.07) is 8.37. The average Bonchev–Trinajstić information content (AvgIpc) is 3.01. The summed E-state index contributed by atoms with van der Waals surface area (Å²) in [5, 5.41) is 2.71. The van der Waals surface area contributed by atoms with Gasteiger partial charge < -0.3 is 10.1 Å². The first-order chi connectivity index (χ1) is 12.4. The molecule has 138 valence electrons. The molecule has 26 heavy (non-hydrogen) atoms. The summed E-state index contributed by atoms with van der Waals surface area (Å²) in [7, 11) is 0. The number of Topliss-reactive ketones (excluding diaryl/α,β-unsaturated/α-hetero) is 1. The number of rotatable bonds is 8. The van der Waals surface area contributed by atoms with Crippen molar-refractivity contribution in [2.24, 2.45) is 0 Å². The standard InChI is InChI=1S/C20H23NO4S/c1-4-6-15-11-18(26-13(15)3)20(24)25-12-17(22)14-7-9-16(10-8-14)21-19(23)5-2/h7-11H,4-6,12H2,1-3H3,(H,21,23). The SMILES string of the molecule is CCCc1cc(C(=O)OCC(=O)c2ccc(NC(=O)CC)cc2)sc1C. The van der Waals surface area contributed by atoms with Crippen molar-refractivity contribution < 1.29 is 19.1 Å². The predicted molar refractivity (Wildman–Crippen MR) is 103 cm³/mol. The molecule has 6 heteroatoms. The monoisotopic (exact) mass is 373 g/mol. The van der Waals surface area contributed by atoms with Gasteiger partial charge in [0.1, 0.15) is 4.88 Å². The van der Waals surface area contributed by atoms with E-state index in [0.717, 1.165) is 23.3 Å². The van der Waals surface area contributed by atoms with Crippen LogP contribution in [0.1, 0.15) is 57.2 Å². The van der Waals surface area contributed by atoms with Gasteiger partial charge in [-0.3, -0.25) is 9.59 Å². The second-order valence-electron chi connectivity index (χ2n) is 5.92. The number of aryl methyl sites for hydroxylation is 2. The smallest absolute Gasteiger partial charge is 0.348 e. The molecule has 0 bridgehead atoms. The molecule has 2 aromatic rings. The first-order valence-corrected chi connectivity index (χ1v) is 9.45. The first kappa shape index (κ1) is 19.8. The maximum Gasteiger partial charge on any atom is 0.348 e. The number of benzene rings is 1. The lowest BCUT2D eigenvalue weighted by Crippen LogP contribution is -2.14. The molecule has 1 N–H and O–H groups in total. The lowest BCUT2D eigenvalue weighted by molar-refractivity contribution is -0.115. The number of amides is 1. The summed E-state index contributed by atoms with van der Waals surface area (Å²) in [6.07, 6.45) is 2.33. The molecule has 1 amide bonds. The molecule has 0 aliphatic heterocycles. The van der Waals surface area contributed by atoms with Gasteiger partial charge in [-0.25, -0.2) is 4.79 Å². The van der Waals surface area contributed by atoms with Gasteiger partial charge in [-0.2, -0.15) is 0 Å². The number of carbonyl (C=O) groups is 3. The zero-order valence-electron chi connectivity index (χ0n) is 15.3. The highest BCUT2D eigenvalue weighted by atomic mass is 32.1. The number of thiophene rings is 1. The van der Waals surface area contributed by atoms with Crippen molar-refractivity contribution >= 4 is 34.7 Å². The minimum atomic E-state index is -0.472. The Hall–Kier alpha value is -2.47. The number of carbonyl (C=O) groups excluding carboxylic acids is 3. The summed E-state index contributed by atoms with van der Waals surface area (Å²) in [5.74, 6) is -0.846. The van der Waals surface area contributed by atoms with Crippen LogP contribution in [0.2, 0.25) is 0 Å². The maximum atomic E-state index is 12.2. The van der Waals surface area contributed by atoms with Gasteiger partial charge in [0, 0.05) is 22.5 Å². The summed E-state index contributed by atoms with van der Waals surface area (Å²) in [6.45, 7) is 5.53. The Morgan fingerprint density at radius 3 is 2.42 bits per heavy atom. The highest BCUT2D eigenvalue weighted by molar-refractivity contribution is 7.14. The van der Waals surface area contributed by atoms with Gasteiger partial charge in [0.2, 0.25) is 5.91 Å². The van der Waals surface area contributed by atoms with E-state index in [9.17, 15) is 14.4 Å². The number of ether oxygens (including phenoxy) is 1. The van der Waals surface area contributed by atoms with Crippen molar-refractivity contribution in [1.82, 2.24) is 0 Å². The van der Waals surface area contributed by atoms with Crippen molar-refractivity contribution in [3.05, 3.63) is 51.2 Å². The summed E-state index contributed by atoms with van der Waals surface area (Å²) in [4.78, 5) is 37.3. The molecule has 0 aliphatic rings. The molecule has 2 rings (SSSR count). The Morgan fingerprint density at radius 2 is 1.81 bits per heavy atom. The van der Waals surface area contributed by atoms with Gasteiger partial charge in [0.15, 0.2) is 12.4 Å². The van der Waals surface area contributed by atoms with Crippen LogP contribution in [0.15, 0.2) is 30.3 Å². The highest BCUT2D eigenvalue weighted by Crippen LogP contribution is 2.23. The molecular weight excluding hydrogens is 350 g/mol. The Bertz CT molecular complexity index is 793. The van der Waals surface area contributed by atoms with Crippen molar-refractivity contribution in [3.63, 3.8) is 0 Å². The Kier molecular flexibility index (Phi) is 7.09. The van der Waals surface area contributed by atoms with E-state index in [-0.39, 0.29) is 18.3 Å². The zero-order valence-corrected chi connectivity index (χ0v) is 16.1. The average molecular weight is 373 g/mol. The normalized spacial score (nSPS) is 10.4. The van der Waals surface area contributed by atoms with Crippen molar-refractivity contribution in [2.45, 2.75) is 40.0 Å². The van der Waals surface area contributed by atoms with Gasteiger partial charge in [0.25, 0.3) is 0 Å². The van der Waals surface area contributed by atoms with Crippen LogP contribution in [-0.2, 0) is 16.0 Å². The van der Waals surface area contributed by atoms with Crippen LogP contribution in [0.5, 0.6) is 0 Å². The number of ketones is 1. The van der Waals surface area contributed by atoms with Crippen LogP contribution in [0, 0.1) is 6.92 Å². The van der Waals surface area contributed by atoms with Crippen molar-refractivity contribution in [2.75, 3.05) is 11.9 Å². The minimum absolute atomic E-state index is 0.0910. The quantitative estimate of drug-likeness (QED) is 0.550. The third-order valence-electron chi connectivity index (χ3n) is 3.89.